The third-order valence-electron chi connectivity index (χ3n) is 2.77. The second-order valence-electron chi connectivity index (χ2n) is 4.04. The van der Waals surface area contributed by atoms with E-state index in [1.54, 1.807) is 6.20 Å². The van der Waals surface area contributed by atoms with Crippen molar-refractivity contribution in [3.05, 3.63) is 35.3 Å². The van der Waals surface area contributed by atoms with Crippen molar-refractivity contribution in [1.29, 1.82) is 0 Å². The van der Waals surface area contributed by atoms with Gasteiger partial charge in [0.05, 0.1) is 5.69 Å². The summed E-state index contributed by atoms with van der Waals surface area (Å²) >= 11 is 5.94. The van der Waals surface area contributed by atoms with Gasteiger partial charge in [-0.25, -0.2) is 9.97 Å². The molecular formula is C11H11ClN4. The van der Waals surface area contributed by atoms with Crippen molar-refractivity contribution in [3.63, 3.8) is 0 Å². The summed E-state index contributed by atoms with van der Waals surface area (Å²) in [5, 5.41) is 0.313. The van der Waals surface area contributed by atoms with Crippen molar-refractivity contribution >= 4 is 11.6 Å². The lowest BCUT2D eigenvalue weighted by atomic mass is 10.3. The highest BCUT2D eigenvalue weighted by molar-refractivity contribution is 6.28. The van der Waals surface area contributed by atoms with E-state index in [-0.39, 0.29) is 0 Å². The molecule has 0 aliphatic heterocycles. The molecule has 4 nitrogen and oxygen atoms in total. The minimum Gasteiger partial charge on any atom is -0.288 e. The second kappa shape index (κ2) is 3.56. The smallest absolute Gasteiger partial charge is 0.224 e. The zero-order chi connectivity index (χ0) is 11.1. The van der Waals surface area contributed by atoms with Crippen molar-refractivity contribution in [2.75, 3.05) is 0 Å². The molecule has 16 heavy (non-hydrogen) atoms. The molecule has 0 bridgehead atoms. The SMILES string of the molecule is Cc1nccn1-c1cc(C2CC2)nc(Cl)n1. The molecule has 0 atom stereocenters. The van der Waals surface area contributed by atoms with Gasteiger partial charge in [0.25, 0.3) is 0 Å². The predicted octanol–water partition coefficient (Wildman–Crippen LogP) is 2.50. The van der Waals surface area contributed by atoms with Gasteiger partial charge in [0, 0.05) is 24.4 Å². The number of aryl methyl sites for hydroxylation is 1. The Balaban J connectivity index is 2.10. The number of halogens is 1. The maximum atomic E-state index is 5.94. The fraction of sp³-hybridized carbons (Fsp3) is 0.364. The van der Waals surface area contributed by atoms with Crippen LogP contribution in [-0.2, 0) is 0 Å². The molecule has 0 saturated heterocycles. The van der Waals surface area contributed by atoms with Crippen molar-refractivity contribution in [1.82, 2.24) is 19.5 Å². The number of hydrogen-bond donors (Lipinski definition) is 0. The summed E-state index contributed by atoms with van der Waals surface area (Å²) in [5.41, 5.74) is 1.04. The van der Waals surface area contributed by atoms with E-state index in [0.717, 1.165) is 17.3 Å². The van der Waals surface area contributed by atoms with Crippen LogP contribution in [0.2, 0.25) is 5.28 Å². The van der Waals surface area contributed by atoms with Gasteiger partial charge >= 0.3 is 0 Å². The van der Waals surface area contributed by atoms with E-state index in [1.807, 2.05) is 23.8 Å². The van der Waals surface area contributed by atoms with Crippen LogP contribution in [0, 0.1) is 6.92 Å². The van der Waals surface area contributed by atoms with Crippen LogP contribution in [0.1, 0.15) is 30.3 Å². The normalized spacial score (nSPS) is 15.4. The summed E-state index contributed by atoms with van der Waals surface area (Å²) in [4.78, 5) is 12.7. The van der Waals surface area contributed by atoms with Crippen molar-refractivity contribution in [2.45, 2.75) is 25.7 Å². The second-order valence-corrected chi connectivity index (χ2v) is 4.38. The highest BCUT2D eigenvalue weighted by atomic mass is 35.5. The summed E-state index contributed by atoms with van der Waals surface area (Å²) in [6.07, 6.45) is 6.04. The fourth-order valence-corrected chi connectivity index (χ4v) is 1.94. The predicted molar refractivity (Wildman–Crippen MR) is 60.9 cm³/mol. The zero-order valence-corrected chi connectivity index (χ0v) is 9.65. The Morgan fingerprint density at radius 2 is 2.19 bits per heavy atom. The molecule has 0 unspecified atom stereocenters. The molecule has 0 aromatic carbocycles. The maximum absolute atomic E-state index is 5.94. The van der Waals surface area contributed by atoms with Gasteiger partial charge in [-0.2, -0.15) is 4.98 Å². The van der Waals surface area contributed by atoms with Crippen LogP contribution in [0.15, 0.2) is 18.5 Å². The number of rotatable bonds is 2. The Bertz CT molecular complexity index is 531. The Labute approximate surface area is 98.3 Å². The summed E-state index contributed by atoms with van der Waals surface area (Å²) in [5.74, 6) is 2.27. The third-order valence-corrected chi connectivity index (χ3v) is 2.94. The number of nitrogens with zero attached hydrogens (tertiary/aromatic N) is 4. The van der Waals surface area contributed by atoms with Gasteiger partial charge in [0.1, 0.15) is 11.6 Å². The summed E-state index contributed by atoms with van der Waals surface area (Å²) in [6, 6.07) is 2.00. The Hall–Kier alpha value is -1.42. The van der Waals surface area contributed by atoms with Crippen LogP contribution in [0.5, 0.6) is 0 Å². The summed E-state index contributed by atoms with van der Waals surface area (Å²) in [6.45, 7) is 1.94. The molecule has 82 valence electrons. The average Bonchev–Trinajstić information content (AvgIpc) is 3.01. The minimum absolute atomic E-state index is 0.313. The van der Waals surface area contributed by atoms with Crippen molar-refractivity contribution < 1.29 is 0 Å². The van der Waals surface area contributed by atoms with E-state index in [1.165, 1.54) is 12.8 Å². The molecule has 1 fully saturated rings. The lowest BCUT2D eigenvalue weighted by Gasteiger charge is -2.06. The van der Waals surface area contributed by atoms with Crippen LogP contribution in [0.3, 0.4) is 0 Å². The van der Waals surface area contributed by atoms with Crippen LogP contribution >= 0.6 is 11.6 Å². The fourth-order valence-electron chi connectivity index (χ4n) is 1.75. The first-order valence-corrected chi connectivity index (χ1v) is 5.66. The lowest BCUT2D eigenvalue weighted by Crippen LogP contribution is -2.02. The molecule has 3 rings (SSSR count). The van der Waals surface area contributed by atoms with Crippen LogP contribution < -0.4 is 0 Å². The van der Waals surface area contributed by atoms with Gasteiger partial charge in [-0.3, -0.25) is 4.57 Å². The van der Waals surface area contributed by atoms with E-state index < -0.39 is 0 Å². The average molecular weight is 235 g/mol. The monoisotopic (exact) mass is 234 g/mol. The quantitative estimate of drug-likeness (QED) is 0.750. The van der Waals surface area contributed by atoms with Crippen LogP contribution in [0.4, 0.5) is 0 Å². The molecule has 0 amide bonds. The molecule has 1 aliphatic carbocycles. The molecule has 2 aromatic heterocycles. The largest absolute Gasteiger partial charge is 0.288 e. The molecular weight excluding hydrogens is 224 g/mol. The Morgan fingerprint density at radius 3 is 2.81 bits per heavy atom. The van der Waals surface area contributed by atoms with Crippen molar-refractivity contribution in [2.24, 2.45) is 0 Å². The lowest BCUT2D eigenvalue weighted by molar-refractivity contribution is 0.893. The molecule has 2 aromatic rings. The Kier molecular flexibility index (Phi) is 2.17. The van der Waals surface area contributed by atoms with Crippen molar-refractivity contribution in [3.8, 4) is 5.82 Å². The number of imidazole rings is 1. The molecule has 5 heteroatoms. The first-order valence-electron chi connectivity index (χ1n) is 5.29. The van der Waals surface area contributed by atoms with Crippen LogP contribution in [0.25, 0.3) is 5.82 Å². The Morgan fingerprint density at radius 1 is 1.38 bits per heavy atom. The van der Waals surface area contributed by atoms with E-state index in [2.05, 4.69) is 15.0 Å². The molecule has 2 heterocycles. The summed E-state index contributed by atoms with van der Waals surface area (Å²) in [7, 11) is 0. The first-order chi connectivity index (χ1) is 7.74. The van der Waals surface area contributed by atoms with Gasteiger partial charge in [-0.1, -0.05) is 0 Å². The van der Waals surface area contributed by atoms with E-state index >= 15 is 0 Å². The maximum Gasteiger partial charge on any atom is 0.224 e. The minimum atomic E-state index is 0.313. The summed E-state index contributed by atoms with van der Waals surface area (Å²) < 4.78 is 1.92. The highest BCUT2D eigenvalue weighted by Crippen LogP contribution is 2.39. The topological polar surface area (TPSA) is 43.6 Å². The standard InChI is InChI=1S/C11H11ClN4/c1-7-13-4-5-16(7)10-6-9(8-2-3-8)14-11(12)15-10/h4-6,8H,2-3H2,1H3. The molecule has 0 N–H and O–H groups in total. The first kappa shape index (κ1) is 9.78. The highest BCUT2D eigenvalue weighted by Gasteiger charge is 2.26. The molecule has 0 radical (unpaired) electrons. The molecule has 1 saturated carbocycles. The third kappa shape index (κ3) is 1.69. The van der Waals surface area contributed by atoms with Gasteiger partial charge in [0.2, 0.25) is 5.28 Å². The molecule has 1 aliphatic rings. The zero-order valence-electron chi connectivity index (χ0n) is 8.89. The van der Waals surface area contributed by atoms with E-state index in [4.69, 9.17) is 11.6 Å². The van der Waals surface area contributed by atoms with Crippen LogP contribution in [-0.4, -0.2) is 19.5 Å². The molecule has 0 spiro atoms. The van der Waals surface area contributed by atoms with Gasteiger partial charge in [-0.15, -0.1) is 0 Å². The van der Waals surface area contributed by atoms with E-state index in [0.29, 0.717) is 11.2 Å². The number of aromatic nitrogens is 4. The number of hydrogen-bond acceptors (Lipinski definition) is 3. The van der Waals surface area contributed by atoms with Gasteiger partial charge in [0.15, 0.2) is 0 Å². The van der Waals surface area contributed by atoms with E-state index in [9.17, 15) is 0 Å². The van der Waals surface area contributed by atoms with Gasteiger partial charge in [-0.05, 0) is 31.4 Å². The van der Waals surface area contributed by atoms with Gasteiger partial charge < -0.3 is 0 Å².